The first kappa shape index (κ1) is 19.3. The Kier molecular flexibility index (Phi) is 5.43. The van der Waals surface area contributed by atoms with Gasteiger partial charge in [-0.25, -0.2) is 19.9 Å². The third-order valence-electron chi connectivity index (χ3n) is 4.69. The lowest BCUT2D eigenvalue weighted by Gasteiger charge is -2.10. The maximum atomic E-state index is 13.1. The molecule has 1 aromatic heterocycles. The minimum atomic E-state index is -0.429. The Bertz CT molecular complexity index is 1010. The van der Waals surface area contributed by atoms with E-state index in [1.165, 1.54) is 40.7 Å². The van der Waals surface area contributed by atoms with Crippen molar-refractivity contribution in [1.29, 1.82) is 0 Å². The van der Waals surface area contributed by atoms with E-state index in [-0.39, 0.29) is 23.6 Å². The lowest BCUT2D eigenvalue weighted by atomic mass is 10.0. The van der Waals surface area contributed by atoms with Gasteiger partial charge in [-0.05, 0) is 29.7 Å². The monoisotopic (exact) mass is 415 g/mol. The molecular weight excluding hydrogens is 397 g/mol. The number of benzene rings is 2. The molecule has 1 aliphatic rings. The van der Waals surface area contributed by atoms with Crippen LogP contribution in [0.1, 0.15) is 35.5 Å². The number of non-ortho nitro benzene ring substituents is 1. The molecule has 2 unspecified atom stereocenters. The van der Waals surface area contributed by atoms with Crippen molar-refractivity contribution in [3.63, 3.8) is 0 Å². The molecule has 150 valence electrons. The largest absolute Gasteiger partial charge is 0.335 e. The summed E-state index contributed by atoms with van der Waals surface area (Å²) in [6, 6.07) is 12.6. The summed E-state index contributed by atoms with van der Waals surface area (Å²) >= 11 is 1.40. The van der Waals surface area contributed by atoms with E-state index in [0.29, 0.717) is 23.2 Å². The van der Waals surface area contributed by atoms with E-state index in [1.54, 1.807) is 24.3 Å². The standard InChI is InChI=1S/C18H18FN7O2S/c19-13-5-3-12(4-6-13)15-9-16(22-21-15)17-23-24-18(25(17)20)29-10-11-1-7-14(8-2-11)26(27)28/h1-8,15-16,21-22H,9-10,20H2. The summed E-state index contributed by atoms with van der Waals surface area (Å²) in [6.07, 6.45) is 0.688. The van der Waals surface area contributed by atoms with Gasteiger partial charge in [0, 0.05) is 23.9 Å². The lowest BCUT2D eigenvalue weighted by molar-refractivity contribution is -0.384. The van der Waals surface area contributed by atoms with Crippen LogP contribution in [0.3, 0.4) is 0 Å². The van der Waals surface area contributed by atoms with Crippen LogP contribution < -0.4 is 16.7 Å². The molecule has 2 heterocycles. The molecular formula is C18H18FN7O2S. The van der Waals surface area contributed by atoms with Crippen molar-refractivity contribution < 1.29 is 9.31 Å². The molecule has 0 spiro atoms. The van der Waals surface area contributed by atoms with Gasteiger partial charge in [0.1, 0.15) is 5.82 Å². The summed E-state index contributed by atoms with van der Waals surface area (Å²) in [6.45, 7) is 0. The van der Waals surface area contributed by atoms with Gasteiger partial charge in [-0.1, -0.05) is 36.0 Å². The number of hydrogen-bond acceptors (Lipinski definition) is 8. The summed E-state index contributed by atoms with van der Waals surface area (Å²) in [5, 5.41) is 19.6. The van der Waals surface area contributed by atoms with E-state index in [2.05, 4.69) is 21.0 Å². The van der Waals surface area contributed by atoms with Gasteiger partial charge in [0.05, 0.1) is 11.0 Å². The average Bonchev–Trinajstić information content (AvgIpc) is 3.34. The number of nitrogens with one attached hydrogen (secondary N) is 2. The maximum absolute atomic E-state index is 13.1. The van der Waals surface area contributed by atoms with Crippen molar-refractivity contribution in [2.75, 3.05) is 5.84 Å². The predicted octanol–water partition coefficient (Wildman–Crippen LogP) is 2.61. The second kappa shape index (κ2) is 8.15. The molecule has 11 heteroatoms. The SMILES string of the molecule is Nn1c(SCc2ccc([N+](=O)[O-])cc2)nnc1C1CC(c2ccc(F)cc2)NN1. The number of nitro groups is 1. The van der Waals surface area contributed by atoms with Crippen LogP contribution in [0, 0.1) is 15.9 Å². The lowest BCUT2D eigenvalue weighted by Crippen LogP contribution is -2.29. The van der Waals surface area contributed by atoms with Gasteiger partial charge in [-0.3, -0.25) is 10.1 Å². The molecule has 9 nitrogen and oxygen atoms in total. The number of nitro benzene ring substituents is 1. The number of nitrogen functional groups attached to an aromatic ring is 1. The highest BCUT2D eigenvalue weighted by Crippen LogP contribution is 2.31. The normalized spacial score (nSPS) is 18.8. The molecule has 0 saturated carbocycles. The zero-order valence-corrected chi connectivity index (χ0v) is 16.0. The smallest absolute Gasteiger partial charge is 0.269 e. The highest BCUT2D eigenvalue weighted by molar-refractivity contribution is 7.98. The van der Waals surface area contributed by atoms with Gasteiger partial charge in [0.25, 0.3) is 5.69 Å². The second-order valence-electron chi connectivity index (χ2n) is 6.60. The highest BCUT2D eigenvalue weighted by atomic mass is 32.2. The van der Waals surface area contributed by atoms with Crippen molar-refractivity contribution >= 4 is 17.4 Å². The molecule has 4 rings (SSSR count). The van der Waals surface area contributed by atoms with Crippen molar-refractivity contribution in [1.82, 2.24) is 25.7 Å². The number of thioether (sulfide) groups is 1. The van der Waals surface area contributed by atoms with Gasteiger partial charge in [-0.15, -0.1) is 10.2 Å². The van der Waals surface area contributed by atoms with Crippen LogP contribution in [0.25, 0.3) is 0 Å². The van der Waals surface area contributed by atoms with Gasteiger partial charge >= 0.3 is 0 Å². The van der Waals surface area contributed by atoms with Crippen LogP contribution in [0.2, 0.25) is 0 Å². The first-order chi connectivity index (χ1) is 14.0. The number of hydrazine groups is 1. The maximum Gasteiger partial charge on any atom is 0.269 e. The Morgan fingerprint density at radius 3 is 2.52 bits per heavy atom. The first-order valence-corrected chi connectivity index (χ1v) is 9.83. The van der Waals surface area contributed by atoms with Crippen LogP contribution in [0.15, 0.2) is 53.7 Å². The minimum Gasteiger partial charge on any atom is -0.335 e. The van der Waals surface area contributed by atoms with Gasteiger partial charge in [-0.2, -0.15) is 0 Å². The highest BCUT2D eigenvalue weighted by Gasteiger charge is 2.30. The summed E-state index contributed by atoms with van der Waals surface area (Å²) in [5.74, 6) is 7.06. The fraction of sp³-hybridized carbons (Fsp3) is 0.222. The third kappa shape index (κ3) is 4.21. The molecule has 0 aliphatic carbocycles. The molecule has 3 aromatic rings. The molecule has 1 aliphatic heterocycles. The third-order valence-corrected chi connectivity index (χ3v) is 5.71. The zero-order valence-electron chi connectivity index (χ0n) is 15.2. The van der Waals surface area contributed by atoms with E-state index >= 15 is 0 Å². The Labute approximate surface area is 169 Å². The fourth-order valence-corrected chi connectivity index (χ4v) is 3.94. The van der Waals surface area contributed by atoms with Crippen LogP contribution in [-0.4, -0.2) is 19.8 Å². The molecule has 2 atom stereocenters. The summed E-state index contributed by atoms with van der Waals surface area (Å²) in [5.41, 5.74) is 8.28. The zero-order chi connectivity index (χ0) is 20.4. The Balaban J connectivity index is 1.39. The van der Waals surface area contributed by atoms with Crippen molar-refractivity contribution in [3.8, 4) is 0 Å². The van der Waals surface area contributed by atoms with E-state index in [4.69, 9.17) is 5.84 Å². The second-order valence-corrected chi connectivity index (χ2v) is 7.55. The molecule has 0 bridgehead atoms. The molecule has 1 saturated heterocycles. The quantitative estimate of drug-likeness (QED) is 0.243. The first-order valence-electron chi connectivity index (χ1n) is 8.84. The van der Waals surface area contributed by atoms with Crippen LogP contribution in [-0.2, 0) is 5.75 Å². The Morgan fingerprint density at radius 1 is 1.14 bits per heavy atom. The van der Waals surface area contributed by atoms with E-state index in [0.717, 1.165) is 11.1 Å². The number of nitrogens with two attached hydrogens (primary N) is 1. The summed E-state index contributed by atoms with van der Waals surface area (Å²) in [4.78, 5) is 10.3. The van der Waals surface area contributed by atoms with Crippen molar-refractivity contribution in [2.24, 2.45) is 0 Å². The number of halogens is 1. The average molecular weight is 415 g/mol. The Hall–Kier alpha value is -3.02. The number of hydrogen-bond donors (Lipinski definition) is 3. The molecule has 29 heavy (non-hydrogen) atoms. The minimum absolute atomic E-state index is 0.00788. The molecule has 4 N–H and O–H groups in total. The van der Waals surface area contributed by atoms with Crippen LogP contribution in [0.4, 0.5) is 10.1 Å². The van der Waals surface area contributed by atoms with E-state index in [1.807, 2.05) is 0 Å². The number of nitrogens with zero attached hydrogens (tertiary/aromatic N) is 4. The fourth-order valence-electron chi connectivity index (χ4n) is 3.13. The van der Waals surface area contributed by atoms with E-state index < -0.39 is 4.92 Å². The van der Waals surface area contributed by atoms with Gasteiger partial charge < -0.3 is 5.84 Å². The van der Waals surface area contributed by atoms with Crippen LogP contribution in [0.5, 0.6) is 0 Å². The molecule has 1 fully saturated rings. The summed E-state index contributed by atoms with van der Waals surface area (Å²) in [7, 11) is 0. The number of rotatable bonds is 6. The van der Waals surface area contributed by atoms with Gasteiger partial charge in [0.2, 0.25) is 5.16 Å². The molecule has 0 amide bonds. The van der Waals surface area contributed by atoms with Crippen molar-refractivity contribution in [3.05, 3.63) is 81.4 Å². The predicted molar refractivity (Wildman–Crippen MR) is 106 cm³/mol. The molecule has 2 aromatic carbocycles. The summed E-state index contributed by atoms with van der Waals surface area (Å²) < 4.78 is 14.6. The van der Waals surface area contributed by atoms with Crippen molar-refractivity contribution in [2.45, 2.75) is 29.4 Å². The van der Waals surface area contributed by atoms with E-state index in [9.17, 15) is 14.5 Å². The Morgan fingerprint density at radius 2 is 1.83 bits per heavy atom. The topological polar surface area (TPSA) is 124 Å². The van der Waals surface area contributed by atoms with Crippen LogP contribution >= 0.6 is 11.8 Å². The number of aromatic nitrogens is 3. The van der Waals surface area contributed by atoms with Gasteiger partial charge in [0.15, 0.2) is 5.82 Å². The molecule has 0 radical (unpaired) electrons.